The third-order valence-electron chi connectivity index (χ3n) is 12.6. The van der Waals surface area contributed by atoms with E-state index in [2.05, 4.69) is 20.8 Å². The summed E-state index contributed by atoms with van der Waals surface area (Å²) in [5, 5.41) is 55.6. The van der Waals surface area contributed by atoms with E-state index in [1.54, 1.807) is 12.2 Å². The molecule has 0 aromatic heterocycles. The Balaban J connectivity index is 0.000000540. The molecule has 0 aromatic carbocycles. The number of aliphatic carboxylic acids is 3. The van der Waals surface area contributed by atoms with Crippen molar-refractivity contribution in [2.24, 2.45) is 0 Å². The van der Waals surface area contributed by atoms with Gasteiger partial charge in [-0.05, 0) is 125 Å². The van der Waals surface area contributed by atoms with E-state index >= 15 is 0 Å². The molecule has 0 heterocycles. The molecule has 0 spiro atoms. The Morgan fingerprint density at radius 1 is 0.444 bits per heavy atom. The highest BCUT2D eigenvalue weighted by atomic mass is 16.4. The molecule has 6 N–H and O–H groups in total. The largest absolute Gasteiger partial charge is 0.481 e. The molecule has 3 aliphatic carbocycles. The van der Waals surface area contributed by atoms with Gasteiger partial charge in [0, 0.05) is 49.7 Å². The Bertz CT molecular complexity index is 1940. The number of carbonyl (C=O) groups is 6. The van der Waals surface area contributed by atoms with Gasteiger partial charge in [-0.1, -0.05) is 145 Å². The lowest BCUT2D eigenvalue weighted by Gasteiger charge is -2.06. The van der Waals surface area contributed by atoms with Crippen molar-refractivity contribution >= 4 is 35.3 Å². The van der Waals surface area contributed by atoms with Gasteiger partial charge in [0.15, 0.2) is 17.3 Å². The van der Waals surface area contributed by atoms with Crippen LogP contribution in [0.5, 0.6) is 0 Å². The zero-order valence-corrected chi connectivity index (χ0v) is 44.0. The predicted octanol–water partition coefficient (Wildman–Crippen LogP) is 13.0. The first-order valence-corrected chi connectivity index (χ1v) is 27.1. The minimum absolute atomic E-state index is 0.171. The van der Waals surface area contributed by atoms with Crippen LogP contribution in [0.2, 0.25) is 0 Å². The van der Waals surface area contributed by atoms with Crippen LogP contribution in [0.3, 0.4) is 0 Å². The van der Waals surface area contributed by atoms with Gasteiger partial charge in [-0.2, -0.15) is 0 Å². The summed E-state index contributed by atoms with van der Waals surface area (Å²) in [6.45, 7) is 6.33. The van der Waals surface area contributed by atoms with Crippen molar-refractivity contribution in [1.82, 2.24) is 0 Å². The third kappa shape index (κ3) is 32.1. The minimum Gasteiger partial charge on any atom is -0.481 e. The first kappa shape index (κ1) is 65.0. The van der Waals surface area contributed by atoms with E-state index < -0.39 is 36.2 Å². The highest BCUT2D eigenvalue weighted by Gasteiger charge is 2.22. The van der Waals surface area contributed by atoms with Gasteiger partial charge in [-0.3, -0.25) is 28.8 Å². The number of aliphatic hydroxyl groups excluding tert-OH is 3. The van der Waals surface area contributed by atoms with Gasteiger partial charge in [0.2, 0.25) is 0 Å². The zero-order valence-electron chi connectivity index (χ0n) is 44.0. The van der Waals surface area contributed by atoms with Gasteiger partial charge < -0.3 is 30.6 Å². The van der Waals surface area contributed by atoms with E-state index in [4.69, 9.17) is 15.3 Å². The molecular formula is C60H90O12. The number of carbonyl (C=O) groups excluding carboxylic acids is 3. The van der Waals surface area contributed by atoms with Crippen molar-refractivity contribution in [2.45, 2.75) is 232 Å². The SMILES string of the molecule is CC/C=C\C[C@H](O)/C=C/C1=C(C/C=C\CCCC(=O)O)C(=O)CC1.CCCCC[C@H](O)/C=C/C1=C(C/C=C\CCCC(=O)O)C(=O)CC1.CCCCC[C@H](O)/C=C/C1=C(CCCCCCC(=O)O)C(=O)CC1. The fourth-order valence-electron chi connectivity index (χ4n) is 8.40. The topological polar surface area (TPSA) is 224 Å². The number of ketones is 3. The number of hydrogen-bond donors (Lipinski definition) is 6. The summed E-state index contributed by atoms with van der Waals surface area (Å²) in [6.07, 6.45) is 43.8. The van der Waals surface area contributed by atoms with Crippen molar-refractivity contribution in [3.63, 3.8) is 0 Å². The van der Waals surface area contributed by atoms with Gasteiger partial charge in [-0.15, -0.1) is 0 Å². The number of allylic oxidation sites excluding steroid dienone is 14. The standard InChI is InChI=1S/C20H32O4.C20H30O4.C20H28O4/c3*1-2-3-6-9-17(21)14-12-16-13-15-19(22)18(16)10-7-4-5-8-11-20(23)24/h12,14,17,21H,2-11,13,15H2,1H3,(H,23,24);4,7,12,14,17,21H,2-3,5-6,8-11,13,15H2,1H3,(H,23,24);3-4,6-7,12,14,17,21H,2,5,8-11,13,15H2,1H3,(H,23,24)/b14-12+;7-4-,14-12+;6-3-,7-4-,14-12+/t3*17-/m000/s1. The van der Waals surface area contributed by atoms with E-state index in [0.717, 1.165) is 143 Å². The van der Waals surface area contributed by atoms with Crippen LogP contribution in [0.15, 0.2) is 106 Å². The summed E-state index contributed by atoms with van der Waals surface area (Å²) in [5.41, 5.74) is 5.70. The molecule has 0 amide bonds. The van der Waals surface area contributed by atoms with Crippen LogP contribution in [0.4, 0.5) is 0 Å². The Hall–Kier alpha value is -5.04. The smallest absolute Gasteiger partial charge is 0.303 e. The summed E-state index contributed by atoms with van der Waals surface area (Å²) in [7, 11) is 0. The van der Waals surface area contributed by atoms with E-state index in [1.165, 1.54) is 0 Å². The zero-order chi connectivity index (χ0) is 53.4. The van der Waals surface area contributed by atoms with E-state index in [1.807, 2.05) is 60.8 Å². The fraction of sp³-hybridized carbons (Fsp3) is 0.600. The van der Waals surface area contributed by atoms with Gasteiger partial charge in [0.25, 0.3) is 0 Å². The molecule has 402 valence electrons. The molecular weight excluding hydrogens is 913 g/mol. The Kier molecular flexibility index (Phi) is 37.4. The predicted molar refractivity (Wildman–Crippen MR) is 287 cm³/mol. The van der Waals surface area contributed by atoms with Crippen LogP contribution in [0.1, 0.15) is 213 Å². The van der Waals surface area contributed by atoms with Crippen molar-refractivity contribution in [2.75, 3.05) is 0 Å². The van der Waals surface area contributed by atoms with Crippen LogP contribution in [0.25, 0.3) is 0 Å². The quantitative estimate of drug-likeness (QED) is 0.0255. The molecule has 12 nitrogen and oxygen atoms in total. The monoisotopic (exact) mass is 1000 g/mol. The van der Waals surface area contributed by atoms with Gasteiger partial charge >= 0.3 is 17.9 Å². The molecule has 0 saturated heterocycles. The maximum atomic E-state index is 12.0. The van der Waals surface area contributed by atoms with Crippen LogP contribution >= 0.6 is 0 Å². The molecule has 0 bridgehead atoms. The summed E-state index contributed by atoms with van der Waals surface area (Å²) in [5.74, 6) is -1.70. The first-order chi connectivity index (χ1) is 34.6. The lowest BCUT2D eigenvalue weighted by molar-refractivity contribution is -0.138. The third-order valence-corrected chi connectivity index (χ3v) is 12.6. The van der Waals surface area contributed by atoms with Crippen molar-refractivity contribution in [3.05, 3.63) is 106 Å². The van der Waals surface area contributed by atoms with Gasteiger partial charge in [0.05, 0.1) is 18.3 Å². The average Bonchev–Trinajstić information content (AvgIpc) is 4.01. The van der Waals surface area contributed by atoms with E-state index in [0.29, 0.717) is 64.2 Å². The molecule has 12 heteroatoms. The van der Waals surface area contributed by atoms with Crippen LogP contribution < -0.4 is 0 Å². The highest BCUT2D eigenvalue weighted by Crippen LogP contribution is 2.30. The highest BCUT2D eigenvalue weighted by molar-refractivity contribution is 6.00. The number of carboxylic acid groups (broad SMARTS) is 3. The second-order valence-electron chi connectivity index (χ2n) is 18.9. The number of Topliss-reactive ketones (excluding diaryl/α,β-unsaturated/α-hetero) is 3. The molecule has 72 heavy (non-hydrogen) atoms. The van der Waals surface area contributed by atoms with Crippen molar-refractivity contribution in [1.29, 1.82) is 0 Å². The summed E-state index contributed by atoms with van der Waals surface area (Å²) in [4.78, 5) is 67.3. The van der Waals surface area contributed by atoms with Gasteiger partial charge in [0.1, 0.15) is 0 Å². The number of hydrogen-bond acceptors (Lipinski definition) is 9. The van der Waals surface area contributed by atoms with E-state index in [-0.39, 0.29) is 36.6 Å². The van der Waals surface area contributed by atoms with Crippen molar-refractivity contribution in [3.8, 4) is 0 Å². The van der Waals surface area contributed by atoms with Gasteiger partial charge in [-0.25, -0.2) is 0 Å². The molecule has 0 aliphatic heterocycles. The fourth-order valence-corrected chi connectivity index (χ4v) is 8.40. The lowest BCUT2D eigenvalue weighted by Crippen LogP contribution is -2.02. The normalized spacial score (nSPS) is 16.7. The first-order valence-electron chi connectivity index (χ1n) is 27.1. The number of unbranched alkanes of at least 4 members (excludes halogenated alkanes) is 9. The lowest BCUT2D eigenvalue weighted by atomic mass is 10.0. The van der Waals surface area contributed by atoms with Crippen molar-refractivity contribution < 1.29 is 59.4 Å². The maximum Gasteiger partial charge on any atom is 0.303 e. The molecule has 0 saturated carbocycles. The molecule has 0 unspecified atom stereocenters. The molecule has 3 aliphatic rings. The average molecular weight is 1000 g/mol. The molecule has 0 aromatic rings. The molecule has 3 rings (SSSR count). The molecule has 0 fully saturated rings. The van der Waals surface area contributed by atoms with Crippen LogP contribution in [-0.2, 0) is 28.8 Å². The maximum absolute atomic E-state index is 12.0. The Labute approximate surface area is 431 Å². The summed E-state index contributed by atoms with van der Waals surface area (Å²) in [6, 6.07) is 0. The second kappa shape index (κ2) is 41.4. The Morgan fingerprint density at radius 2 is 0.847 bits per heavy atom. The van der Waals surface area contributed by atoms with E-state index in [9.17, 15) is 44.1 Å². The minimum atomic E-state index is -0.781. The Morgan fingerprint density at radius 3 is 1.28 bits per heavy atom. The number of rotatable bonds is 36. The van der Waals surface area contributed by atoms with Crippen LogP contribution in [0, 0.1) is 0 Å². The number of carboxylic acids is 3. The summed E-state index contributed by atoms with van der Waals surface area (Å²) < 4.78 is 0. The second-order valence-corrected chi connectivity index (χ2v) is 18.9. The number of aliphatic hydroxyl groups is 3. The van der Waals surface area contributed by atoms with Crippen LogP contribution in [-0.4, -0.2) is 84.2 Å². The molecule has 0 radical (unpaired) electrons. The molecule has 3 atom stereocenters. The summed E-state index contributed by atoms with van der Waals surface area (Å²) >= 11 is 0.